The van der Waals surface area contributed by atoms with Crippen molar-refractivity contribution < 1.29 is 29.6 Å². The molecule has 0 spiro atoms. The molecule has 0 aromatic heterocycles. The lowest BCUT2D eigenvalue weighted by atomic mass is 10.0. The Kier molecular flexibility index (Phi) is 9.01. The zero-order valence-electron chi connectivity index (χ0n) is 16.5. The number of carbonyl (C=O) groups is 2. The summed E-state index contributed by atoms with van der Waals surface area (Å²) in [6.45, 7) is 5.79. The fraction of sp³-hybridized carbons (Fsp3) is 0.600. The third-order valence-corrected chi connectivity index (χ3v) is 5.61. The Morgan fingerprint density at radius 1 is 1.14 bits per heavy atom. The van der Waals surface area contributed by atoms with E-state index in [0.717, 1.165) is 31.2 Å². The molecule has 2 aliphatic heterocycles. The third kappa shape index (κ3) is 7.78. The number of rotatable bonds is 4. The van der Waals surface area contributed by atoms with Crippen molar-refractivity contribution >= 4 is 17.6 Å². The first-order valence-corrected chi connectivity index (χ1v) is 10.1. The van der Waals surface area contributed by atoms with E-state index in [0.29, 0.717) is 0 Å². The van der Waals surface area contributed by atoms with Crippen LogP contribution in [0.5, 0.6) is 0 Å². The number of non-ortho nitro benzene ring substituents is 1. The van der Waals surface area contributed by atoms with Gasteiger partial charge in [0.2, 0.25) is 0 Å². The predicted molar refractivity (Wildman–Crippen MR) is 103 cm³/mol. The van der Waals surface area contributed by atoms with Crippen molar-refractivity contribution in [2.24, 2.45) is 0 Å². The maximum absolute atomic E-state index is 10.9. The Morgan fingerprint density at radius 3 is 2.24 bits per heavy atom. The molecule has 29 heavy (non-hydrogen) atoms. The quantitative estimate of drug-likeness (QED) is 0.403. The molecule has 0 bridgehead atoms. The van der Waals surface area contributed by atoms with Gasteiger partial charge in [0.1, 0.15) is 0 Å². The highest BCUT2D eigenvalue weighted by atomic mass is 16.6. The van der Waals surface area contributed by atoms with Crippen LogP contribution in [0.4, 0.5) is 5.69 Å². The molecule has 2 fully saturated rings. The van der Waals surface area contributed by atoms with Gasteiger partial charge in [-0.2, -0.15) is 0 Å². The molecule has 2 heterocycles. The van der Waals surface area contributed by atoms with E-state index >= 15 is 0 Å². The van der Waals surface area contributed by atoms with Crippen molar-refractivity contribution in [3.63, 3.8) is 0 Å². The van der Waals surface area contributed by atoms with Gasteiger partial charge in [-0.25, -0.2) is 4.79 Å². The second-order valence-electron chi connectivity index (χ2n) is 7.64. The highest BCUT2D eigenvalue weighted by Crippen LogP contribution is 2.17. The van der Waals surface area contributed by atoms with Crippen molar-refractivity contribution in [1.82, 2.24) is 4.90 Å². The minimum Gasteiger partial charge on any atom is -0.539 e. The Balaban J connectivity index is 0.000000438. The molecule has 1 aromatic rings. The number of benzene rings is 1. The van der Waals surface area contributed by atoms with Crippen LogP contribution in [0.3, 0.4) is 0 Å². The first-order chi connectivity index (χ1) is 13.9. The van der Waals surface area contributed by atoms with Crippen LogP contribution in [0, 0.1) is 10.1 Å². The number of likely N-dealkylation sites (tertiary alicyclic amines) is 2. The number of carboxylic acids is 2. The Bertz CT molecular complexity index is 683. The molecular formula is C20H29N3O6. The summed E-state index contributed by atoms with van der Waals surface area (Å²) in [6.07, 6.45) is 8.14. The number of hydrogen-bond acceptors (Lipinski definition) is 6. The van der Waals surface area contributed by atoms with Gasteiger partial charge in [0.15, 0.2) is 5.97 Å². The predicted octanol–water partition coefficient (Wildman–Crippen LogP) is -0.161. The van der Waals surface area contributed by atoms with Crippen molar-refractivity contribution in [1.29, 1.82) is 0 Å². The lowest BCUT2D eigenvalue weighted by Gasteiger charge is -2.35. The second-order valence-corrected chi connectivity index (χ2v) is 7.64. The summed E-state index contributed by atoms with van der Waals surface area (Å²) >= 11 is 0. The minimum absolute atomic E-state index is 0.200. The average molecular weight is 407 g/mol. The fourth-order valence-electron chi connectivity index (χ4n) is 4.12. The van der Waals surface area contributed by atoms with E-state index in [9.17, 15) is 10.1 Å². The van der Waals surface area contributed by atoms with Gasteiger partial charge >= 0.3 is 5.97 Å². The van der Waals surface area contributed by atoms with Gasteiger partial charge in [-0.3, -0.25) is 15.0 Å². The van der Waals surface area contributed by atoms with E-state index in [2.05, 4.69) is 4.90 Å². The van der Waals surface area contributed by atoms with Gasteiger partial charge < -0.3 is 19.9 Å². The molecular weight excluding hydrogens is 378 g/mol. The summed E-state index contributed by atoms with van der Waals surface area (Å²) in [6, 6.07) is 7.90. The van der Waals surface area contributed by atoms with Crippen LogP contribution in [0.2, 0.25) is 0 Å². The lowest BCUT2D eigenvalue weighted by Crippen LogP contribution is -3.16. The van der Waals surface area contributed by atoms with E-state index in [4.69, 9.17) is 19.8 Å². The molecule has 2 saturated heterocycles. The number of nitrogens with zero attached hydrogens (tertiary/aromatic N) is 2. The summed E-state index contributed by atoms with van der Waals surface area (Å²) < 4.78 is 0. The van der Waals surface area contributed by atoms with E-state index in [1.54, 1.807) is 18.2 Å². The van der Waals surface area contributed by atoms with E-state index in [1.807, 2.05) is 11.0 Å². The van der Waals surface area contributed by atoms with Crippen LogP contribution < -0.4 is 10.0 Å². The zero-order chi connectivity index (χ0) is 21.2. The van der Waals surface area contributed by atoms with E-state index in [-0.39, 0.29) is 10.6 Å². The first-order valence-electron chi connectivity index (χ1n) is 10.1. The molecule has 1 aromatic carbocycles. The van der Waals surface area contributed by atoms with Crippen LogP contribution in [0.15, 0.2) is 24.3 Å². The van der Waals surface area contributed by atoms with Gasteiger partial charge in [-0.1, -0.05) is 12.1 Å². The fourth-order valence-corrected chi connectivity index (χ4v) is 4.12. The van der Waals surface area contributed by atoms with Crippen LogP contribution in [-0.4, -0.2) is 59.1 Å². The molecule has 2 N–H and O–H groups in total. The number of hydrogen-bond donors (Lipinski definition) is 2. The molecule has 0 aliphatic carbocycles. The summed E-state index contributed by atoms with van der Waals surface area (Å²) in [5.74, 6) is -4.01. The topological polar surface area (TPSA) is 128 Å². The number of quaternary nitrogens is 1. The number of nitro groups is 1. The lowest BCUT2D eigenvalue weighted by molar-refractivity contribution is -0.926. The van der Waals surface area contributed by atoms with Crippen LogP contribution in [-0.2, 0) is 16.1 Å². The molecule has 9 nitrogen and oxygen atoms in total. The molecule has 0 saturated carbocycles. The molecule has 160 valence electrons. The van der Waals surface area contributed by atoms with Gasteiger partial charge in [0.05, 0.1) is 24.1 Å². The molecule has 0 atom stereocenters. The molecule has 3 rings (SSSR count). The molecule has 0 radical (unpaired) electrons. The Morgan fingerprint density at radius 2 is 1.72 bits per heavy atom. The van der Waals surface area contributed by atoms with E-state index in [1.165, 1.54) is 51.6 Å². The van der Waals surface area contributed by atoms with Crippen molar-refractivity contribution in [3.05, 3.63) is 39.9 Å². The largest absolute Gasteiger partial charge is 0.539 e. The van der Waals surface area contributed by atoms with E-state index < -0.39 is 11.9 Å². The highest BCUT2D eigenvalue weighted by molar-refractivity contribution is 6.26. The summed E-state index contributed by atoms with van der Waals surface area (Å²) in [4.78, 5) is 32.9. The number of carboxylic acid groups (broad SMARTS) is 2. The number of aliphatic carboxylic acids is 2. The number of piperidine rings is 1. The van der Waals surface area contributed by atoms with Crippen LogP contribution in [0.25, 0.3) is 0 Å². The maximum Gasteiger partial charge on any atom is 0.351 e. The first kappa shape index (κ1) is 22.8. The molecule has 0 amide bonds. The summed E-state index contributed by atoms with van der Waals surface area (Å²) in [7, 11) is 0. The van der Waals surface area contributed by atoms with Gasteiger partial charge in [0, 0.05) is 44.6 Å². The van der Waals surface area contributed by atoms with Crippen molar-refractivity contribution in [2.75, 3.05) is 26.2 Å². The van der Waals surface area contributed by atoms with Gasteiger partial charge in [0.25, 0.3) is 5.69 Å². The monoisotopic (exact) mass is 407 g/mol. The standard InChI is InChI=1S/C18H27N3O2.C2H2O4/c22-21(23)18-7-5-6-16(14-18)15-19-12-8-17(9-13-19)20-10-3-1-2-4-11-20;3-1(4)2(5)6/h5-7,14,17H,1-4,8-13,15H2;(H,3,4)(H,5,6). The Labute approximate surface area is 170 Å². The molecule has 2 aliphatic rings. The van der Waals surface area contributed by atoms with Gasteiger partial charge in [-0.05, 0) is 31.2 Å². The zero-order valence-corrected chi connectivity index (χ0v) is 16.5. The molecule has 9 heteroatoms. The summed E-state index contributed by atoms with van der Waals surface area (Å²) in [5, 5.41) is 27.2. The van der Waals surface area contributed by atoms with Crippen LogP contribution >= 0.6 is 0 Å². The van der Waals surface area contributed by atoms with Crippen molar-refractivity contribution in [2.45, 2.75) is 51.1 Å². The highest BCUT2D eigenvalue weighted by Gasteiger charge is 2.28. The SMILES string of the molecule is O=C([O-])C(=O)O.O=[N+]([O-])c1cccc(CN2CCC([NH+]3CCCCCC3)CC2)c1. The number of nitro benzene ring substituents is 1. The average Bonchev–Trinajstić information content (AvgIpc) is 2.99. The second kappa shape index (κ2) is 11.5. The number of carbonyl (C=O) groups excluding carboxylic acids is 1. The Hall–Kier alpha value is -2.52. The minimum atomic E-state index is -2.07. The van der Waals surface area contributed by atoms with Crippen molar-refractivity contribution in [3.8, 4) is 0 Å². The number of nitrogens with one attached hydrogen (secondary N) is 1. The maximum atomic E-state index is 10.9. The van der Waals surface area contributed by atoms with Gasteiger partial charge in [-0.15, -0.1) is 0 Å². The summed E-state index contributed by atoms with van der Waals surface area (Å²) in [5.41, 5.74) is 1.26. The van der Waals surface area contributed by atoms with Crippen LogP contribution in [0.1, 0.15) is 44.1 Å². The normalized spacial score (nSPS) is 18.9. The smallest absolute Gasteiger partial charge is 0.351 e. The molecule has 0 unspecified atom stereocenters. The third-order valence-electron chi connectivity index (χ3n) is 5.61.